The summed E-state index contributed by atoms with van der Waals surface area (Å²) >= 11 is 0. The molecule has 1 aliphatic rings. The van der Waals surface area contributed by atoms with E-state index in [1.54, 1.807) is 0 Å². The van der Waals surface area contributed by atoms with Crippen LogP contribution >= 0.6 is 0 Å². The third-order valence-electron chi connectivity index (χ3n) is 5.61. The molecule has 0 bridgehead atoms. The summed E-state index contributed by atoms with van der Waals surface area (Å²) < 4.78 is 8.05. The number of rotatable bonds is 3. The molecule has 3 heterocycles. The van der Waals surface area contributed by atoms with Crippen LogP contribution in [0.25, 0.3) is 28.0 Å². The van der Waals surface area contributed by atoms with Crippen LogP contribution in [0.15, 0.2) is 40.9 Å². The Morgan fingerprint density at radius 2 is 1.89 bits per heavy atom. The summed E-state index contributed by atoms with van der Waals surface area (Å²) in [5.74, 6) is 0. The van der Waals surface area contributed by atoms with Gasteiger partial charge in [-0.3, -0.25) is 0 Å². The Hall–Kier alpha value is -2.82. The Kier molecular flexibility index (Phi) is 3.88. The van der Waals surface area contributed by atoms with Crippen LogP contribution in [0.1, 0.15) is 43.4 Å². The Morgan fingerprint density at radius 1 is 1.04 bits per heavy atom. The zero-order valence-electron chi connectivity index (χ0n) is 15.8. The summed E-state index contributed by atoms with van der Waals surface area (Å²) in [5.41, 5.74) is 7.07. The second-order valence-electron chi connectivity index (χ2n) is 7.66. The van der Waals surface area contributed by atoms with Gasteiger partial charge >= 0.3 is 0 Å². The maximum atomic E-state index is 5.92. The SMILES string of the molecule is Cc1ccn2c(C)c(-c3ccc4oc(NC5CCCCC5)nc4c3)nc2c1. The molecule has 0 amide bonds. The van der Waals surface area contributed by atoms with E-state index in [2.05, 4.69) is 59.0 Å². The van der Waals surface area contributed by atoms with E-state index in [9.17, 15) is 0 Å². The zero-order chi connectivity index (χ0) is 18.4. The number of aromatic nitrogens is 3. The van der Waals surface area contributed by atoms with Crippen molar-refractivity contribution in [3.8, 4) is 11.3 Å². The third kappa shape index (κ3) is 2.97. The first-order chi connectivity index (χ1) is 13.2. The standard InChI is InChI=1S/C22H24N4O/c1-14-10-11-26-15(2)21(25-20(26)12-14)16-8-9-19-18(13-16)24-22(27-19)23-17-6-4-3-5-7-17/h8-13,17H,3-7H2,1-2H3,(H,23,24). The zero-order valence-corrected chi connectivity index (χ0v) is 15.8. The number of nitrogens with zero attached hydrogens (tertiary/aromatic N) is 3. The third-order valence-corrected chi connectivity index (χ3v) is 5.61. The minimum absolute atomic E-state index is 0.482. The number of hydrogen-bond donors (Lipinski definition) is 1. The van der Waals surface area contributed by atoms with Crippen molar-refractivity contribution in [2.24, 2.45) is 0 Å². The predicted molar refractivity (Wildman–Crippen MR) is 108 cm³/mol. The number of imidazole rings is 1. The number of pyridine rings is 1. The number of anilines is 1. The summed E-state index contributed by atoms with van der Waals surface area (Å²) in [5, 5.41) is 3.47. The number of fused-ring (bicyclic) bond motifs is 2. The highest BCUT2D eigenvalue weighted by Gasteiger charge is 2.17. The molecule has 0 unspecified atom stereocenters. The maximum absolute atomic E-state index is 5.92. The molecule has 0 saturated heterocycles. The molecule has 0 radical (unpaired) electrons. The summed E-state index contributed by atoms with van der Waals surface area (Å²) in [7, 11) is 0. The van der Waals surface area contributed by atoms with Crippen LogP contribution in [0.2, 0.25) is 0 Å². The van der Waals surface area contributed by atoms with Crippen molar-refractivity contribution in [1.29, 1.82) is 0 Å². The van der Waals surface area contributed by atoms with Crippen molar-refractivity contribution in [1.82, 2.24) is 14.4 Å². The normalized spacial score (nSPS) is 15.6. The van der Waals surface area contributed by atoms with Gasteiger partial charge in [-0.05, 0) is 62.6 Å². The van der Waals surface area contributed by atoms with E-state index < -0.39 is 0 Å². The molecule has 3 aromatic heterocycles. The maximum Gasteiger partial charge on any atom is 0.295 e. The quantitative estimate of drug-likeness (QED) is 0.524. The molecule has 5 rings (SSSR count). The predicted octanol–water partition coefficient (Wildman–Crippen LogP) is 5.50. The molecule has 4 aromatic rings. The molecule has 5 nitrogen and oxygen atoms in total. The molecule has 1 N–H and O–H groups in total. The van der Waals surface area contributed by atoms with Gasteiger partial charge in [0.2, 0.25) is 0 Å². The van der Waals surface area contributed by atoms with E-state index in [1.165, 1.54) is 37.7 Å². The van der Waals surface area contributed by atoms with Crippen molar-refractivity contribution in [2.75, 3.05) is 5.32 Å². The molecule has 1 aromatic carbocycles. The molecular weight excluding hydrogens is 336 g/mol. The van der Waals surface area contributed by atoms with Crippen LogP contribution in [0.4, 0.5) is 6.01 Å². The Morgan fingerprint density at radius 3 is 2.74 bits per heavy atom. The fraction of sp³-hybridized carbons (Fsp3) is 0.364. The van der Waals surface area contributed by atoms with Crippen molar-refractivity contribution in [2.45, 2.75) is 52.0 Å². The summed E-state index contributed by atoms with van der Waals surface area (Å²) in [6.07, 6.45) is 8.39. The molecule has 5 heteroatoms. The van der Waals surface area contributed by atoms with E-state index in [0.717, 1.165) is 33.7 Å². The van der Waals surface area contributed by atoms with Crippen LogP contribution in [0.3, 0.4) is 0 Å². The second kappa shape index (κ2) is 6.41. The molecule has 0 aliphatic heterocycles. The second-order valence-corrected chi connectivity index (χ2v) is 7.66. The van der Waals surface area contributed by atoms with Gasteiger partial charge in [-0.2, -0.15) is 4.98 Å². The van der Waals surface area contributed by atoms with Gasteiger partial charge in [0.25, 0.3) is 6.01 Å². The van der Waals surface area contributed by atoms with Gasteiger partial charge in [-0.25, -0.2) is 4.98 Å². The van der Waals surface area contributed by atoms with Gasteiger partial charge < -0.3 is 14.1 Å². The molecule has 0 atom stereocenters. The largest absolute Gasteiger partial charge is 0.424 e. The number of benzene rings is 1. The average Bonchev–Trinajstić information content (AvgIpc) is 3.22. The van der Waals surface area contributed by atoms with Crippen molar-refractivity contribution >= 4 is 22.8 Å². The van der Waals surface area contributed by atoms with Gasteiger partial charge in [0.05, 0.1) is 5.69 Å². The number of aryl methyl sites for hydroxylation is 2. The minimum Gasteiger partial charge on any atom is -0.424 e. The van der Waals surface area contributed by atoms with Crippen LogP contribution in [-0.4, -0.2) is 20.4 Å². The minimum atomic E-state index is 0.482. The van der Waals surface area contributed by atoms with Gasteiger partial charge in [-0.1, -0.05) is 19.3 Å². The lowest BCUT2D eigenvalue weighted by Crippen LogP contribution is -2.22. The van der Waals surface area contributed by atoms with E-state index in [0.29, 0.717) is 12.1 Å². The van der Waals surface area contributed by atoms with Crippen LogP contribution < -0.4 is 5.32 Å². The molecule has 27 heavy (non-hydrogen) atoms. The number of hydrogen-bond acceptors (Lipinski definition) is 4. The van der Waals surface area contributed by atoms with Gasteiger partial charge in [0, 0.05) is 23.5 Å². The van der Waals surface area contributed by atoms with Crippen molar-refractivity contribution in [3.05, 3.63) is 47.8 Å². The molecule has 1 fully saturated rings. The average molecular weight is 360 g/mol. The molecule has 1 saturated carbocycles. The van der Waals surface area contributed by atoms with Crippen LogP contribution in [0.5, 0.6) is 0 Å². The fourth-order valence-corrected chi connectivity index (χ4v) is 4.10. The lowest BCUT2D eigenvalue weighted by molar-refractivity contribution is 0.451. The first kappa shape index (κ1) is 16.4. The van der Waals surface area contributed by atoms with Crippen LogP contribution in [-0.2, 0) is 0 Å². The Labute approximate surface area is 158 Å². The molecule has 0 spiro atoms. The fourth-order valence-electron chi connectivity index (χ4n) is 4.10. The van der Waals surface area contributed by atoms with Crippen molar-refractivity contribution < 1.29 is 4.42 Å². The molecule has 138 valence electrons. The lowest BCUT2D eigenvalue weighted by Gasteiger charge is -2.21. The monoisotopic (exact) mass is 360 g/mol. The van der Waals surface area contributed by atoms with E-state index >= 15 is 0 Å². The highest BCUT2D eigenvalue weighted by molar-refractivity contribution is 5.81. The molecular formula is C22H24N4O. The first-order valence-electron chi connectivity index (χ1n) is 9.80. The van der Waals surface area contributed by atoms with Crippen molar-refractivity contribution in [3.63, 3.8) is 0 Å². The lowest BCUT2D eigenvalue weighted by atomic mass is 9.96. The topological polar surface area (TPSA) is 55.4 Å². The number of nitrogens with one attached hydrogen (secondary N) is 1. The first-order valence-corrected chi connectivity index (χ1v) is 9.80. The molecule has 1 aliphatic carbocycles. The summed E-state index contributed by atoms with van der Waals surface area (Å²) in [4.78, 5) is 9.52. The smallest absolute Gasteiger partial charge is 0.295 e. The van der Waals surface area contributed by atoms with E-state index in [1.807, 2.05) is 6.07 Å². The Bertz CT molecular complexity index is 1120. The van der Waals surface area contributed by atoms with Crippen LogP contribution in [0, 0.1) is 13.8 Å². The summed E-state index contributed by atoms with van der Waals surface area (Å²) in [6.45, 7) is 4.19. The van der Waals surface area contributed by atoms with Gasteiger partial charge in [0.15, 0.2) is 5.58 Å². The van der Waals surface area contributed by atoms with E-state index in [-0.39, 0.29) is 0 Å². The summed E-state index contributed by atoms with van der Waals surface area (Å²) in [6, 6.07) is 11.5. The van der Waals surface area contributed by atoms with Gasteiger partial charge in [0.1, 0.15) is 11.2 Å². The van der Waals surface area contributed by atoms with Gasteiger partial charge in [-0.15, -0.1) is 0 Å². The highest BCUT2D eigenvalue weighted by Crippen LogP contribution is 2.29. The highest BCUT2D eigenvalue weighted by atomic mass is 16.4. The Balaban J connectivity index is 1.50. The van der Waals surface area contributed by atoms with E-state index in [4.69, 9.17) is 9.40 Å². The number of oxazole rings is 1.